The van der Waals surface area contributed by atoms with Crippen LogP contribution >= 0.6 is 0 Å². The smallest absolute Gasteiger partial charge is 0.265 e. The van der Waals surface area contributed by atoms with Crippen molar-refractivity contribution in [3.63, 3.8) is 0 Å². The van der Waals surface area contributed by atoms with Gasteiger partial charge in [-0.15, -0.1) is 0 Å². The molecule has 0 saturated carbocycles. The Kier molecular flexibility index (Phi) is 3.02. The molecule has 7 nitrogen and oxygen atoms in total. The second kappa shape index (κ2) is 4.86. The molecule has 0 aliphatic rings. The first kappa shape index (κ1) is 13.0. The van der Waals surface area contributed by atoms with Gasteiger partial charge in [-0.25, -0.2) is 9.67 Å². The summed E-state index contributed by atoms with van der Waals surface area (Å²) in [5.41, 5.74) is 6.11. The number of aryl methyl sites for hydroxylation is 1. The molecule has 0 bridgehead atoms. The maximum atomic E-state index is 12.4. The van der Waals surface area contributed by atoms with Gasteiger partial charge in [-0.3, -0.25) is 14.2 Å². The van der Waals surface area contributed by atoms with Crippen LogP contribution in [0.1, 0.15) is 5.82 Å². The Bertz CT molecular complexity index is 880. The van der Waals surface area contributed by atoms with Crippen LogP contribution in [-0.4, -0.2) is 25.2 Å². The lowest BCUT2D eigenvalue weighted by Gasteiger charge is -2.08. The summed E-state index contributed by atoms with van der Waals surface area (Å²) >= 11 is 0. The molecule has 21 heavy (non-hydrogen) atoms. The van der Waals surface area contributed by atoms with Crippen LogP contribution < -0.4 is 11.3 Å². The minimum absolute atomic E-state index is 0.190. The number of fused-ring (bicyclic) bond motifs is 1. The Morgan fingerprint density at radius 2 is 2.00 bits per heavy atom. The lowest BCUT2D eigenvalue weighted by atomic mass is 10.3. The highest BCUT2D eigenvalue weighted by Gasteiger charge is 2.14. The molecule has 0 aliphatic carbocycles. The summed E-state index contributed by atoms with van der Waals surface area (Å²) in [6.45, 7) is 1.47. The van der Waals surface area contributed by atoms with Crippen molar-refractivity contribution in [1.82, 2.24) is 19.3 Å². The van der Waals surface area contributed by atoms with Crippen LogP contribution in [-0.2, 0) is 11.3 Å². The van der Waals surface area contributed by atoms with Gasteiger partial charge in [-0.05, 0) is 19.1 Å². The van der Waals surface area contributed by atoms with Gasteiger partial charge in [0.2, 0.25) is 5.91 Å². The Balaban J connectivity index is 2.25. The molecule has 2 aromatic heterocycles. The van der Waals surface area contributed by atoms with Gasteiger partial charge < -0.3 is 5.73 Å². The van der Waals surface area contributed by atoms with Crippen LogP contribution in [0.3, 0.4) is 0 Å². The maximum absolute atomic E-state index is 12.4. The lowest BCUT2D eigenvalue weighted by molar-refractivity contribution is -0.118. The van der Waals surface area contributed by atoms with Crippen LogP contribution in [0.25, 0.3) is 16.7 Å². The van der Waals surface area contributed by atoms with Crippen LogP contribution in [0, 0.1) is 6.92 Å². The third-order valence-corrected chi connectivity index (χ3v) is 3.19. The van der Waals surface area contributed by atoms with Gasteiger partial charge in [0.1, 0.15) is 17.8 Å². The van der Waals surface area contributed by atoms with Crippen molar-refractivity contribution in [3.05, 3.63) is 52.7 Å². The average Bonchev–Trinajstić information content (AvgIpc) is 2.88. The molecule has 1 aromatic carbocycles. The van der Waals surface area contributed by atoms with E-state index in [1.165, 1.54) is 10.8 Å². The summed E-state index contributed by atoms with van der Waals surface area (Å²) in [6, 6.07) is 9.40. The summed E-state index contributed by atoms with van der Waals surface area (Å²) in [5, 5.41) is 4.56. The van der Waals surface area contributed by atoms with Crippen molar-refractivity contribution >= 4 is 16.9 Å². The number of para-hydroxylation sites is 1. The second-order valence-corrected chi connectivity index (χ2v) is 4.65. The molecular formula is C14H13N5O2. The highest BCUT2D eigenvalue weighted by molar-refractivity contribution is 5.77. The largest absolute Gasteiger partial charge is 0.368 e. The summed E-state index contributed by atoms with van der Waals surface area (Å²) < 4.78 is 2.85. The van der Waals surface area contributed by atoms with Crippen molar-refractivity contribution in [3.8, 4) is 5.69 Å². The summed E-state index contributed by atoms with van der Waals surface area (Å²) in [6.07, 6.45) is 1.45. The minimum atomic E-state index is -0.586. The van der Waals surface area contributed by atoms with Gasteiger partial charge in [0.25, 0.3) is 5.56 Å². The molecule has 0 atom stereocenters. The van der Waals surface area contributed by atoms with Gasteiger partial charge in [0.15, 0.2) is 5.65 Å². The molecule has 0 radical (unpaired) electrons. The van der Waals surface area contributed by atoms with Crippen molar-refractivity contribution in [2.75, 3.05) is 0 Å². The molecule has 3 rings (SSSR count). The van der Waals surface area contributed by atoms with Crippen LogP contribution in [0.4, 0.5) is 0 Å². The van der Waals surface area contributed by atoms with Crippen LogP contribution in [0.5, 0.6) is 0 Å². The molecule has 0 unspecified atom stereocenters. The predicted molar refractivity (Wildman–Crippen MR) is 77.1 cm³/mol. The maximum Gasteiger partial charge on any atom is 0.265 e. The molecule has 1 amide bonds. The van der Waals surface area contributed by atoms with Crippen molar-refractivity contribution in [2.45, 2.75) is 13.5 Å². The zero-order valence-corrected chi connectivity index (χ0v) is 11.4. The molecule has 2 N–H and O–H groups in total. The Morgan fingerprint density at radius 3 is 2.67 bits per heavy atom. The van der Waals surface area contributed by atoms with E-state index in [0.717, 1.165) is 5.69 Å². The van der Waals surface area contributed by atoms with Gasteiger partial charge in [-0.1, -0.05) is 18.2 Å². The van der Waals surface area contributed by atoms with Crippen molar-refractivity contribution < 1.29 is 4.79 Å². The van der Waals surface area contributed by atoms with E-state index in [9.17, 15) is 9.59 Å². The van der Waals surface area contributed by atoms with Gasteiger partial charge in [0.05, 0.1) is 11.9 Å². The van der Waals surface area contributed by atoms with Crippen LogP contribution in [0.15, 0.2) is 41.3 Å². The number of carbonyl (C=O) groups is 1. The fraction of sp³-hybridized carbons (Fsp3) is 0.143. The quantitative estimate of drug-likeness (QED) is 0.751. The highest BCUT2D eigenvalue weighted by Crippen LogP contribution is 2.14. The summed E-state index contributed by atoms with van der Waals surface area (Å²) in [5.74, 6) is -0.166. The number of primary amides is 1. The van der Waals surface area contributed by atoms with E-state index in [0.29, 0.717) is 16.9 Å². The first-order valence-electron chi connectivity index (χ1n) is 6.37. The number of nitrogens with zero attached hydrogens (tertiary/aromatic N) is 4. The average molecular weight is 283 g/mol. The van der Waals surface area contributed by atoms with E-state index in [1.54, 1.807) is 11.6 Å². The Hall–Kier alpha value is -2.96. The normalized spacial score (nSPS) is 10.9. The van der Waals surface area contributed by atoms with E-state index in [1.807, 2.05) is 30.3 Å². The fourth-order valence-corrected chi connectivity index (χ4v) is 2.21. The molecule has 0 saturated heterocycles. The van der Waals surface area contributed by atoms with Crippen LogP contribution in [0.2, 0.25) is 0 Å². The first-order valence-corrected chi connectivity index (χ1v) is 6.37. The van der Waals surface area contributed by atoms with E-state index >= 15 is 0 Å². The number of carbonyl (C=O) groups excluding carboxylic acids is 1. The second-order valence-electron chi connectivity index (χ2n) is 4.65. The molecule has 0 fully saturated rings. The zero-order chi connectivity index (χ0) is 15.0. The Morgan fingerprint density at radius 1 is 1.29 bits per heavy atom. The predicted octanol–water partition coefficient (Wildman–Crippen LogP) is 0.376. The number of amides is 1. The Labute approximate surface area is 119 Å². The van der Waals surface area contributed by atoms with Crippen molar-refractivity contribution in [1.29, 1.82) is 0 Å². The van der Waals surface area contributed by atoms with Crippen molar-refractivity contribution in [2.24, 2.45) is 5.73 Å². The standard InChI is InChI=1S/C14H13N5O2/c1-9-17-13-11(14(21)18(9)8-12(15)20)7-16-19(13)10-5-3-2-4-6-10/h2-7H,8H2,1H3,(H2,15,20). The summed E-state index contributed by atoms with van der Waals surface area (Å²) in [4.78, 5) is 27.8. The zero-order valence-electron chi connectivity index (χ0n) is 11.4. The van der Waals surface area contributed by atoms with E-state index in [-0.39, 0.29) is 12.1 Å². The summed E-state index contributed by atoms with van der Waals surface area (Å²) in [7, 11) is 0. The third-order valence-electron chi connectivity index (χ3n) is 3.19. The van der Waals surface area contributed by atoms with Gasteiger partial charge in [-0.2, -0.15) is 5.10 Å². The monoisotopic (exact) mass is 283 g/mol. The van der Waals surface area contributed by atoms with E-state index in [2.05, 4.69) is 10.1 Å². The number of benzene rings is 1. The van der Waals surface area contributed by atoms with E-state index in [4.69, 9.17) is 5.73 Å². The third kappa shape index (κ3) is 2.18. The minimum Gasteiger partial charge on any atom is -0.368 e. The molecule has 106 valence electrons. The number of aromatic nitrogens is 4. The number of hydrogen-bond acceptors (Lipinski definition) is 4. The lowest BCUT2D eigenvalue weighted by Crippen LogP contribution is -2.30. The molecule has 0 spiro atoms. The number of nitrogens with two attached hydrogens (primary N) is 1. The molecule has 3 aromatic rings. The number of hydrogen-bond donors (Lipinski definition) is 1. The SMILES string of the molecule is Cc1nc2c(cnn2-c2ccccc2)c(=O)n1CC(N)=O. The molecule has 7 heteroatoms. The topological polar surface area (TPSA) is 95.8 Å². The van der Waals surface area contributed by atoms with E-state index < -0.39 is 5.91 Å². The highest BCUT2D eigenvalue weighted by atomic mass is 16.2. The number of rotatable bonds is 3. The molecule has 0 aliphatic heterocycles. The fourth-order valence-electron chi connectivity index (χ4n) is 2.21. The molecule has 2 heterocycles. The van der Waals surface area contributed by atoms with Gasteiger partial charge >= 0.3 is 0 Å². The molecular weight excluding hydrogens is 270 g/mol. The first-order chi connectivity index (χ1) is 10.1. The van der Waals surface area contributed by atoms with Gasteiger partial charge in [0, 0.05) is 0 Å².